The first-order valence-corrected chi connectivity index (χ1v) is 8.48. The van der Waals surface area contributed by atoms with Crippen molar-refractivity contribution < 1.29 is 4.79 Å². The summed E-state index contributed by atoms with van der Waals surface area (Å²) in [5.41, 5.74) is 9.94. The normalized spacial score (nSPS) is 11.5. The lowest BCUT2D eigenvalue weighted by atomic mass is 9.86. The zero-order chi connectivity index (χ0) is 16.3. The Bertz CT molecular complexity index is 651. The molecule has 0 aliphatic heterocycles. The van der Waals surface area contributed by atoms with Crippen LogP contribution in [-0.2, 0) is 5.41 Å². The molecule has 2 aromatic rings. The summed E-state index contributed by atoms with van der Waals surface area (Å²) in [4.78, 5) is 12.3. The summed E-state index contributed by atoms with van der Waals surface area (Å²) in [7, 11) is 0. The molecule has 118 valence electrons. The second-order valence-corrected chi connectivity index (χ2v) is 7.38. The summed E-state index contributed by atoms with van der Waals surface area (Å²) in [6.07, 6.45) is 0.908. The van der Waals surface area contributed by atoms with Crippen LogP contribution in [0.4, 0.5) is 5.00 Å². The van der Waals surface area contributed by atoms with E-state index >= 15 is 0 Å². The van der Waals surface area contributed by atoms with E-state index in [0.717, 1.165) is 17.5 Å². The fourth-order valence-electron chi connectivity index (χ4n) is 2.30. The van der Waals surface area contributed by atoms with Crippen molar-refractivity contribution in [3.8, 4) is 11.1 Å². The number of nitrogen functional groups attached to an aromatic ring is 1. The van der Waals surface area contributed by atoms with Crippen LogP contribution in [0, 0.1) is 0 Å². The van der Waals surface area contributed by atoms with E-state index in [1.165, 1.54) is 16.9 Å². The molecule has 22 heavy (non-hydrogen) atoms. The molecule has 0 atom stereocenters. The van der Waals surface area contributed by atoms with Crippen LogP contribution in [0.2, 0.25) is 0 Å². The van der Waals surface area contributed by atoms with Gasteiger partial charge >= 0.3 is 0 Å². The standard InChI is InChI=1S/C18H24N2OS/c1-5-10-20-17(21)15-14(11-22-16(15)19)12-6-8-13(9-7-12)18(2,3)4/h6-9,11H,5,10,19H2,1-4H3,(H,20,21). The van der Waals surface area contributed by atoms with Crippen molar-refractivity contribution in [2.75, 3.05) is 12.3 Å². The number of anilines is 1. The molecule has 3 nitrogen and oxygen atoms in total. The molecule has 0 fully saturated rings. The maximum Gasteiger partial charge on any atom is 0.254 e. The molecule has 0 saturated carbocycles. The average molecular weight is 316 g/mol. The molecule has 0 bridgehead atoms. The van der Waals surface area contributed by atoms with E-state index in [2.05, 4.69) is 50.4 Å². The number of hydrogen-bond donors (Lipinski definition) is 2. The van der Waals surface area contributed by atoms with Gasteiger partial charge in [0, 0.05) is 17.5 Å². The van der Waals surface area contributed by atoms with E-state index in [0.29, 0.717) is 17.1 Å². The molecular weight excluding hydrogens is 292 g/mol. The third kappa shape index (κ3) is 3.50. The van der Waals surface area contributed by atoms with Crippen LogP contribution in [-0.4, -0.2) is 12.5 Å². The van der Waals surface area contributed by atoms with Crippen molar-refractivity contribution in [1.82, 2.24) is 5.32 Å². The van der Waals surface area contributed by atoms with Gasteiger partial charge in [-0.2, -0.15) is 0 Å². The van der Waals surface area contributed by atoms with Gasteiger partial charge in [-0.15, -0.1) is 11.3 Å². The van der Waals surface area contributed by atoms with Gasteiger partial charge in [-0.05, 0) is 23.0 Å². The van der Waals surface area contributed by atoms with Crippen LogP contribution in [0.3, 0.4) is 0 Å². The molecule has 4 heteroatoms. The maximum absolute atomic E-state index is 12.3. The van der Waals surface area contributed by atoms with Crippen LogP contribution in [0.5, 0.6) is 0 Å². The van der Waals surface area contributed by atoms with Gasteiger partial charge in [0.15, 0.2) is 0 Å². The predicted molar refractivity (Wildman–Crippen MR) is 95.5 cm³/mol. The minimum Gasteiger partial charge on any atom is -0.390 e. The Labute approximate surface area is 136 Å². The SMILES string of the molecule is CCCNC(=O)c1c(-c2ccc(C(C)(C)C)cc2)csc1N. The maximum atomic E-state index is 12.3. The van der Waals surface area contributed by atoms with E-state index in [9.17, 15) is 4.79 Å². The molecule has 0 saturated heterocycles. The lowest BCUT2D eigenvalue weighted by Crippen LogP contribution is -2.24. The number of hydrogen-bond acceptors (Lipinski definition) is 3. The fourth-order valence-corrected chi connectivity index (χ4v) is 3.12. The summed E-state index contributed by atoms with van der Waals surface area (Å²) in [6, 6.07) is 8.38. The van der Waals surface area contributed by atoms with Gasteiger partial charge in [0.25, 0.3) is 5.91 Å². The Kier molecular flexibility index (Phi) is 4.91. The summed E-state index contributed by atoms with van der Waals surface area (Å²) < 4.78 is 0. The number of carbonyl (C=O) groups is 1. The molecule has 0 aliphatic carbocycles. The lowest BCUT2D eigenvalue weighted by Gasteiger charge is -2.19. The van der Waals surface area contributed by atoms with Crippen molar-refractivity contribution in [1.29, 1.82) is 0 Å². The van der Waals surface area contributed by atoms with Crippen molar-refractivity contribution >= 4 is 22.2 Å². The first-order chi connectivity index (χ1) is 10.3. The molecule has 0 radical (unpaired) electrons. The van der Waals surface area contributed by atoms with Gasteiger partial charge in [-0.1, -0.05) is 52.0 Å². The Balaban J connectivity index is 2.35. The van der Waals surface area contributed by atoms with E-state index < -0.39 is 0 Å². The van der Waals surface area contributed by atoms with Crippen LogP contribution in [0.1, 0.15) is 50.0 Å². The number of amides is 1. The van der Waals surface area contributed by atoms with Gasteiger partial charge in [0.1, 0.15) is 0 Å². The molecule has 0 aliphatic rings. The van der Waals surface area contributed by atoms with Crippen LogP contribution in [0.25, 0.3) is 11.1 Å². The van der Waals surface area contributed by atoms with Crippen molar-refractivity contribution in [3.05, 3.63) is 40.8 Å². The monoisotopic (exact) mass is 316 g/mol. The van der Waals surface area contributed by atoms with Crippen molar-refractivity contribution in [3.63, 3.8) is 0 Å². The molecule has 1 heterocycles. The van der Waals surface area contributed by atoms with Crippen LogP contribution < -0.4 is 11.1 Å². The average Bonchev–Trinajstić information content (AvgIpc) is 2.86. The number of rotatable bonds is 4. The van der Waals surface area contributed by atoms with Gasteiger partial charge < -0.3 is 11.1 Å². The van der Waals surface area contributed by atoms with Gasteiger partial charge in [-0.3, -0.25) is 4.79 Å². The van der Waals surface area contributed by atoms with E-state index in [1.807, 2.05) is 12.3 Å². The fraction of sp³-hybridized carbons (Fsp3) is 0.389. The second-order valence-electron chi connectivity index (χ2n) is 6.47. The van der Waals surface area contributed by atoms with Crippen LogP contribution >= 0.6 is 11.3 Å². The molecule has 1 aromatic carbocycles. The predicted octanol–water partition coefficient (Wildman–Crippen LogP) is 4.43. The summed E-state index contributed by atoms with van der Waals surface area (Å²) in [5.74, 6) is -0.0875. The molecule has 3 N–H and O–H groups in total. The molecule has 2 rings (SSSR count). The number of nitrogens with one attached hydrogen (secondary N) is 1. The largest absolute Gasteiger partial charge is 0.390 e. The Morgan fingerprint density at radius 2 is 1.86 bits per heavy atom. The smallest absolute Gasteiger partial charge is 0.254 e. The highest BCUT2D eigenvalue weighted by Crippen LogP contribution is 2.34. The number of carbonyl (C=O) groups excluding carboxylic acids is 1. The number of thiophene rings is 1. The number of benzene rings is 1. The molecule has 1 aromatic heterocycles. The van der Waals surface area contributed by atoms with Gasteiger partial charge in [-0.25, -0.2) is 0 Å². The Hall–Kier alpha value is -1.81. The molecule has 1 amide bonds. The minimum atomic E-state index is -0.0875. The van der Waals surface area contributed by atoms with Gasteiger partial charge in [0.2, 0.25) is 0 Å². The summed E-state index contributed by atoms with van der Waals surface area (Å²) >= 11 is 1.41. The van der Waals surface area contributed by atoms with Crippen LogP contribution in [0.15, 0.2) is 29.6 Å². The van der Waals surface area contributed by atoms with Crippen molar-refractivity contribution in [2.45, 2.75) is 39.5 Å². The second kappa shape index (κ2) is 6.53. The quantitative estimate of drug-likeness (QED) is 0.876. The first kappa shape index (κ1) is 16.6. The molecule has 0 spiro atoms. The van der Waals surface area contributed by atoms with E-state index in [4.69, 9.17) is 5.73 Å². The Morgan fingerprint density at radius 1 is 1.23 bits per heavy atom. The highest BCUT2D eigenvalue weighted by atomic mass is 32.1. The highest BCUT2D eigenvalue weighted by molar-refractivity contribution is 7.15. The topological polar surface area (TPSA) is 55.1 Å². The molecule has 0 unspecified atom stereocenters. The lowest BCUT2D eigenvalue weighted by molar-refractivity contribution is 0.0955. The Morgan fingerprint density at radius 3 is 2.41 bits per heavy atom. The highest BCUT2D eigenvalue weighted by Gasteiger charge is 2.19. The summed E-state index contributed by atoms with van der Waals surface area (Å²) in [6.45, 7) is 9.26. The summed E-state index contributed by atoms with van der Waals surface area (Å²) in [5, 5.41) is 5.44. The van der Waals surface area contributed by atoms with E-state index in [1.54, 1.807) is 0 Å². The van der Waals surface area contributed by atoms with Gasteiger partial charge in [0.05, 0.1) is 10.6 Å². The first-order valence-electron chi connectivity index (χ1n) is 7.60. The third-order valence-electron chi connectivity index (χ3n) is 3.64. The minimum absolute atomic E-state index is 0.0875. The zero-order valence-corrected chi connectivity index (χ0v) is 14.5. The van der Waals surface area contributed by atoms with E-state index in [-0.39, 0.29) is 11.3 Å². The zero-order valence-electron chi connectivity index (χ0n) is 13.7. The molecular formula is C18H24N2OS. The number of nitrogens with two attached hydrogens (primary N) is 1. The third-order valence-corrected chi connectivity index (χ3v) is 4.46. The van der Waals surface area contributed by atoms with Crippen molar-refractivity contribution in [2.24, 2.45) is 0 Å².